The van der Waals surface area contributed by atoms with Crippen LogP contribution in [0.3, 0.4) is 0 Å². The molecule has 4 aromatic rings. The fourth-order valence-electron chi connectivity index (χ4n) is 3.49. The van der Waals surface area contributed by atoms with Crippen LogP contribution < -0.4 is 0 Å². The van der Waals surface area contributed by atoms with Crippen molar-refractivity contribution in [3.63, 3.8) is 0 Å². The second-order valence-electron chi connectivity index (χ2n) is 6.56. The van der Waals surface area contributed by atoms with E-state index in [9.17, 15) is 10.1 Å². The molecular formula is C20H18N4O3. The predicted molar refractivity (Wildman–Crippen MR) is 102 cm³/mol. The molecule has 7 heteroatoms. The van der Waals surface area contributed by atoms with E-state index in [2.05, 4.69) is 10.1 Å². The molecule has 0 unspecified atom stereocenters. The van der Waals surface area contributed by atoms with Crippen molar-refractivity contribution >= 4 is 16.7 Å². The minimum atomic E-state index is -0.394. The zero-order valence-electron chi connectivity index (χ0n) is 15.2. The summed E-state index contributed by atoms with van der Waals surface area (Å²) < 4.78 is 7.21. The van der Waals surface area contributed by atoms with Gasteiger partial charge in [-0.1, -0.05) is 35.5 Å². The third kappa shape index (κ3) is 2.77. The zero-order chi connectivity index (χ0) is 19.1. The average Bonchev–Trinajstić information content (AvgIpc) is 3.24. The van der Waals surface area contributed by atoms with E-state index in [1.54, 1.807) is 19.3 Å². The minimum absolute atomic E-state index is 0.0178. The molecule has 0 aliphatic rings. The molecule has 136 valence electrons. The van der Waals surface area contributed by atoms with Crippen LogP contribution in [-0.4, -0.2) is 19.6 Å². The first-order chi connectivity index (χ1) is 13.0. The number of nitro groups is 1. The summed E-state index contributed by atoms with van der Waals surface area (Å²) >= 11 is 0. The molecule has 27 heavy (non-hydrogen) atoms. The second kappa shape index (κ2) is 6.35. The van der Waals surface area contributed by atoms with Gasteiger partial charge in [-0.25, -0.2) is 4.98 Å². The maximum absolute atomic E-state index is 11.7. The smallest absolute Gasteiger partial charge is 0.297 e. The number of nitro benzene ring substituents is 1. The highest BCUT2D eigenvalue weighted by molar-refractivity contribution is 5.91. The number of aromatic nitrogens is 3. The number of nitrogens with zero attached hydrogens (tertiary/aromatic N) is 4. The van der Waals surface area contributed by atoms with Gasteiger partial charge in [0.1, 0.15) is 5.76 Å². The number of aryl methyl sites for hydroxylation is 2. The Hall–Kier alpha value is -3.48. The van der Waals surface area contributed by atoms with Gasteiger partial charge >= 0.3 is 0 Å². The first kappa shape index (κ1) is 17.0. The van der Waals surface area contributed by atoms with Crippen LogP contribution in [-0.2, 0) is 0 Å². The van der Waals surface area contributed by atoms with Crippen LogP contribution in [0.2, 0.25) is 0 Å². The molecule has 7 nitrogen and oxygen atoms in total. The van der Waals surface area contributed by atoms with Crippen LogP contribution in [0.1, 0.15) is 30.0 Å². The maximum atomic E-state index is 11.7. The van der Waals surface area contributed by atoms with Gasteiger partial charge in [0.25, 0.3) is 5.69 Å². The Morgan fingerprint density at radius 3 is 2.56 bits per heavy atom. The molecule has 2 aromatic heterocycles. The van der Waals surface area contributed by atoms with Crippen LogP contribution in [0.4, 0.5) is 5.69 Å². The molecular weight excluding hydrogens is 344 g/mol. The Morgan fingerprint density at radius 1 is 1.19 bits per heavy atom. The van der Waals surface area contributed by atoms with Crippen molar-refractivity contribution < 1.29 is 9.45 Å². The highest BCUT2D eigenvalue weighted by Gasteiger charge is 2.23. The summed E-state index contributed by atoms with van der Waals surface area (Å²) in [4.78, 5) is 15.6. The summed E-state index contributed by atoms with van der Waals surface area (Å²) in [6.07, 6.45) is 1.66. The standard InChI is InChI=1S/C20H18N4O3/c1-12-19(14(3)27-22-12)16-9-17-20(18(10-16)24(25)26)21-11-23(17)13(2)15-7-5-4-6-8-15/h4-11,13H,1-3H3/t13-/m1/s1. The van der Waals surface area contributed by atoms with Crippen LogP contribution in [0.5, 0.6) is 0 Å². The van der Waals surface area contributed by atoms with E-state index in [1.165, 1.54) is 0 Å². The van der Waals surface area contributed by atoms with Crippen molar-refractivity contribution in [1.82, 2.24) is 14.7 Å². The van der Waals surface area contributed by atoms with E-state index in [1.807, 2.05) is 54.8 Å². The molecule has 0 radical (unpaired) electrons. The molecule has 0 fully saturated rings. The van der Waals surface area contributed by atoms with E-state index in [-0.39, 0.29) is 11.7 Å². The van der Waals surface area contributed by atoms with Gasteiger partial charge in [0.2, 0.25) is 0 Å². The molecule has 2 aromatic carbocycles. The van der Waals surface area contributed by atoms with Gasteiger partial charge in [-0.05, 0) is 38.0 Å². The molecule has 0 aliphatic carbocycles. The molecule has 0 spiro atoms. The molecule has 4 rings (SSSR count). The van der Waals surface area contributed by atoms with Crippen LogP contribution in [0, 0.1) is 24.0 Å². The van der Waals surface area contributed by atoms with Crippen molar-refractivity contribution in [3.8, 4) is 11.1 Å². The fourth-order valence-corrected chi connectivity index (χ4v) is 3.49. The summed E-state index contributed by atoms with van der Waals surface area (Å²) in [5.74, 6) is 0.628. The monoisotopic (exact) mass is 362 g/mol. The zero-order valence-corrected chi connectivity index (χ0v) is 15.2. The van der Waals surface area contributed by atoms with Gasteiger partial charge in [-0.3, -0.25) is 10.1 Å². The number of rotatable bonds is 4. The SMILES string of the molecule is Cc1noc(C)c1-c1cc([N+](=O)[O-])c2ncn([C@H](C)c3ccccc3)c2c1. The molecule has 0 saturated heterocycles. The fraction of sp³-hybridized carbons (Fsp3) is 0.200. The largest absolute Gasteiger partial charge is 0.361 e. The third-order valence-electron chi connectivity index (χ3n) is 4.88. The molecule has 0 aliphatic heterocycles. The summed E-state index contributed by atoms with van der Waals surface area (Å²) in [5.41, 5.74) is 4.33. The van der Waals surface area contributed by atoms with Crippen LogP contribution in [0.15, 0.2) is 53.3 Å². The lowest BCUT2D eigenvalue weighted by Crippen LogP contribution is -2.05. The quantitative estimate of drug-likeness (QED) is 0.383. The van der Waals surface area contributed by atoms with Crippen LogP contribution >= 0.6 is 0 Å². The third-order valence-corrected chi connectivity index (χ3v) is 4.88. The van der Waals surface area contributed by atoms with Crippen molar-refractivity contribution in [3.05, 3.63) is 75.9 Å². The Kier molecular flexibility index (Phi) is 3.99. The summed E-state index contributed by atoms with van der Waals surface area (Å²) in [5, 5.41) is 15.6. The maximum Gasteiger partial charge on any atom is 0.297 e. The molecule has 0 saturated carbocycles. The van der Waals surface area contributed by atoms with Crippen molar-refractivity contribution in [2.75, 3.05) is 0 Å². The Morgan fingerprint density at radius 2 is 1.93 bits per heavy atom. The topological polar surface area (TPSA) is 87.0 Å². The minimum Gasteiger partial charge on any atom is -0.361 e. The Labute approximate surface area is 155 Å². The highest BCUT2D eigenvalue weighted by Crippen LogP contribution is 2.36. The average molecular weight is 362 g/mol. The van der Waals surface area contributed by atoms with Crippen LogP contribution in [0.25, 0.3) is 22.2 Å². The van der Waals surface area contributed by atoms with Gasteiger partial charge in [-0.15, -0.1) is 0 Å². The predicted octanol–water partition coefficient (Wildman–Crippen LogP) is 4.83. The van der Waals surface area contributed by atoms with Crippen molar-refractivity contribution in [1.29, 1.82) is 0 Å². The van der Waals surface area contributed by atoms with E-state index in [0.29, 0.717) is 28.1 Å². The molecule has 1 atom stereocenters. The molecule has 0 amide bonds. The van der Waals surface area contributed by atoms with E-state index < -0.39 is 4.92 Å². The van der Waals surface area contributed by atoms with Crippen molar-refractivity contribution in [2.45, 2.75) is 26.8 Å². The normalized spacial score (nSPS) is 12.4. The molecule has 2 heterocycles. The number of imidazole rings is 1. The summed E-state index contributed by atoms with van der Waals surface area (Å²) in [6, 6.07) is 13.4. The Balaban J connectivity index is 1.97. The number of fused-ring (bicyclic) bond motifs is 1. The number of benzene rings is 2. The summed E-state index contributed by atoms with van der Waals surface area (Å²) in [6.45, 7) is 5.67. The number of hydrogen-bond acceptors (Lipinski definition) is 5. The van der Waals surface area contributed by atoms with Crippen molar-refractivity contribution in [2.24, 2.45) is 0 Å². The lowest BCUT2D eigenvalue weighted by Gasteiger charge is -2.15. The number of hydrogen-bond donors (Lipinski definition) is 0. The van der Waals surface area contributed by atoms with E-state index >= 15 is 0 Å². The van der Waals surface area contributed by atoms with E-state index in [0.717, 1.165) is 11.1 Å². The van der Waals surface area contributed by atoms with E-state index in [4.69, 9.17) is 4.52 Å². The van der Waals surface area contributed by atoms with Gasteiger partial charge < -0.3 is 9.09 Å². The lowest BCUT2D eigenvalue weighted by molar-refractivity contribution is -0.383. The molecule has 0 bridgehead atoms. The highest BCUT2D eigenvalue weighted by atomic mass is 16.6. The lowest BCUT2D eigenvalue weighted by atomic mass is 10.0. The van der Waals surface area contributed by atoms with Gasteiger partial charge in [0.05, 0.1) is 28.5 Å². The summed E-state index contributed by atoms with van der Waals surface area (Å²) in [7, 11) is 0. The first-order valence-corrected chi connectivity index (χ1v) is 8.60. The second-order valence-corrected chi connectivity index (χ2v) is 6.56. The van der Waals surface area contributed by atoms with Gasteiger partial charge in [0.15, 0.2) is 5.52 Å². The van der Waals surface area contributed by atoms with Gasteiger partial charge in [-0.2, -0.15) is 0 Å². The number of non-ortho nitro benzene ring substituents is 1. The molecule has 0 N–H and O–H groups in total. The Bertz CT molecular complexity index is 1130. The first-order valence-electron chi connectivity index (χ1n) is 8.60. The van der Waals surface area contributed by atoms with Gasteiger partial charge in [0, 0.05) is 11.6 Å².